The molecular formula is C11H10ClNO2. The number of hydrogen-bond acceptors (Lipinski definition) is 3. The first kappa shape index (κ1) is 11.5. The fourth-order valence-electron chi connectivity index (χ4n) is 1.38. The molecule has 3 nitrogen and oxygen atoms in total. The van der Waals surface area contributed by atoms with E-state index >= 15 is 0 Å². The summed E-state index contributed by atoms with van der Waals surface area (Å²) in [5.74, 6) is -0.399. The fourth-order valence-corrected chi connectivity index (χ4v) is 1.70. The number of carbonyl (C=O) groups is 1. The van der Waals surface area contributed by atoms with E-state index in [0.29, 0.717) is 12.0 Å². The van der Waals surface area contributed by atoms with Gasteiger partial charge in [-0.3, -0.25) is 4.79 Å². The minimum atomic E-state index is -0.282. The Morgan fingerprint density at radius 2 is 2.27 bits per heavy atom. The monoisotopic (exact) mass is 223 g/mol. The Morgan fingerprint density at radius 3 is 2.67 bits per heavy atom. The Hall–Kier alpha value is -1.53. The van der Waals surface area contributed by atoms with Crippen molar-refractivity contribution in [3.63, 3.8) is 0 Å². The Balaban J connectivity index is 3.60. The number of hydrogen-bond donors (Lipinski definition) is 1. The molecule has 0 aromatic heterocycles. The SMILES string of the molecule is CCc1c(O)c(C(C)=O)cc(C#N)c1Cl. The van der Waals surface area contributed by atoms with Crippen molar-refractivity contribution in [2.45, 2.75) is 20.3 Å². The first-order chi connectivity index (χ1) is 7.02. The van der Waals surface area contributed by atoms with Crippen LogP contribution in [0.5, 0.6) is 5.75 Å². The van der Waals surface area contributed by atoms with Gasteiger partial charge in [-0.25, -0.2) is 0 Å². The van der Waals surface area contributed by atoms with Crippen LogP contribution in [0.1, 0.15) is 35.3 Å². The largest absolute Gasteiger partial charge is 0.507 e. The summed E-state index contributed by atoms with van der Waals surface area (Å²) in [7, 11) is 0. The van der Waals surface area contributed by atoms with Gasteiger partial charge < -0.3 is 5.11 Å². The molecule has 0 saturated carbocycles. The molecule has 0 aliphatic carbocycles. The van der Waals surface area contributed by atoms with E-state index in [2.05, 4.69) is 0 Å². The molecule has 15 heavy (non-hydrogen) atoms. The van der Waals surface area contributed by atoms with Crippen molar-refractivity contribution in [3.8, 4) is 11.8 Å². The summed E-state index contributed by atoms with van der Waals surface area (Å²) in [5, 5.41) is 18.8. The molecule has 0 saturated heterocycles. The van der Waals surface area contributed by atoms with Crippen LogP contribution in [0.15, 0.2) is 6.07 Å². The Morgan fingerprint density at radius 1 is 1.67 bits per heavy atom. The van der Waals surface area contributed by atoms with Gasteiger partial charge in [0, 0.05) is 5.56 Å². The Bertz CT molecular complexity index is 461. The van der Waals surface area contributed by atoms with Crippen molar-refractivity contribution in [1.29, 1.82) is 5.26 Å². The summed E-state index contributed by atoms with van der Waals surface area (Å²) < 4.78 is 0. The molecule has 0 fully saturated rings. The minimum absolute atomic E-state index is 0.117. The highest BCUT2D eigenvalue weighted by atomic mass is 35.5. The Kier molecular flexibility index (Phi) is 3.33. The maximum Gasteiger partial charge on any atom is 0.163 e. The van der Waals surface area contributed by atoms with Crippen molar-refractivity contribution >= 4 is 17.4 Å². The van der Waals surface area contributed by atoms with Gasteiger partial charge >= 0.3 is 0 Å². The van der Waals surface area contributed by atoms with Gasteiger partial charge in [0.1, 0.15) is 11.8 Å². The van der Waals surface area contributed by atoms with Crippen LogP contribution in [-0.2, 0) is 6.42 Å². The van der Waals surface area contributed by atoms with Crippen LogP contribution in [0.4, 0.5) is 0 Å². The zero-order valence-corrected chi connectivity index (χ0v) is 9.22. The second-order valence-corrected chi connectivity index (χ2v) is 3.51. The number of phenols is 1. The van der Waals surface area contributed by atoms with Crippen LogP contribution in [0.3, 0.4) is 0 Å². The number of benzene rings is 1. The lowest BCUT2D eigenvalue weighted by Crippen LogP contribution is -1.99. The smallest absolute Gasteiger partial charge is 0.163 e. The van der Waals surface area contributed by atoms with E-state index in [1.54, 1.807) is 6.92 Å². The predicted octanol–water partition coefficient (Wildman–Crippen LogP) is 2.68. The van der Waals surface area contributed by atoms with E-state index in [1.165, 1.54) is 13.0 Å². The number of halogens is 1. The third-order valence-corrected chi connectivity index (χ3v) is 2.62. The lowest BCUT2D eigenvalue weighted by molar-refractivity contribution is 0.101. The molecule has 0 unspecified atom stereocenters. The Labute approximate surface area is 92.9 Å². The highest BCUT2D eigenvalue weighted by Gasteiger charge is 2.17. The molecule has 0 aliphatic heterocycles. The summed E-state index contributed by atoms with van der Waals surface area (Å²) in [4.78, 5) is 11.2. The molecule has 0 amide bonds. The van der Waals surface area contributed by atoms with Gasteiger partial charge in [0.2, 0.25) is 0 Å². The first-order valence-electron chi connectivity index (χ1n) is 4.48. The van der Waals surface area contributed by atoms with Gasteiger partial charge in [-0.15, -0.1) is 0 Å². The van der Waals surface area contributed by atoms with E-state index in [4.69, 9.17) is 16.9 Å². The van der Waals surface area contributed by atoms with Crippen LogP contribution in [-0.4, -0.2) is 10.9 Å². The second-order valence-electron chi connectivity index (χ2n) is 3.13. The van der Waals surface area contributed by atoms with Crippen LogP contribution in [0.2, 0.25) is 5.02 Å². The molecule has 0 aliphatic rings. The average Bonchev–Trinajstić information content (AvgIpc) is 2.18. The number of rotatable bonds is 2. The van der Waals surface area contributed by atoms with Crippen LogP contribution >= 0.6 is 11.6 Å². The first-order valence-corrected chi connectivity index (χ1v) is 4.86. The molecule has 78 valence electrons. The van der Waals surface area contributed by atoms with Crippen LogP contribution in [0.25, 0.3) is 0 Å². The highest BCUT2D eigenvalue weighted by Crippen LogP contribution is 2.33. The van der Waals surface area contributed by atoms with E-state index in [9.17, 15) is 9.90 Å². The molecule has 1 N–H and O–H groups in total. The number of nitriles is 1. The molecule has 0 bridgehead atoms. The molecule has 0 atom stereocenters. The number of carbonyl (C=O) groups excluding carboxylic acids is 1. The van der Waals surface area contributed by atoms with Crippen molar-refractivity contribution in [3.05, 3.63) is 27.8 Å². The van der Waals surface area contributed by atoms with Crippen LogP contribution in [0, 0.1) is 11.3 Å². The minimum Gasteiger partial charge on any atom is -0.507 e. The molecule has 1 aromatic rings. The van der Waals surface area contributed by atoms with Gasteiger partial charge in [-0.1, -0.05) is 18.5 Å². The van der Waals surface area contributed by atoms with Gasteiger partial charge in [-0.2, -0.15) is 5.26 Å². The summed E-state index contributed by atoms with van der Waals surface area (Å²) >= 11 is 5.90. The van der Waals surface area contributed by atoms with Crippen molar-refractivity contribution in [1.82, 2.24) is 0 Å². The number of Topliss-reactive ketones (excluding diaryl/α,β-unsaturated/α-hetero) is 1. The maximum atomic E-state index is 11.2. The zero-order valence-electron chi connectivity index (χ0n) is 8.47. The van der Waals surface area contributed by atoms with Gasteiger partial charge in [0.15, 0.2) is 5.78 Å². The summed E-state index contributed by atoms with van der Waals surface area (Å²) in [6, 6.07) is 3.22. The summed E-state index contributed by atoms with van der Waals surface area (Å²) in [5.41, 5.74) is 0.810. The third kappa shape index (κ3) is 1.95. The molecule has 4 heteroatoms. The van der Waals surface area contributed by atoms with E-state index < -0.39 is 0 Å². The fraction of sp³-hybridized carbons (Fsp3) is 0.273. The molecule has 0 spiro atoms. The lowest BCUT2D eigenvalue weighted by Gasteiger charge is -2.09. The molecule has 0 heterocycles. The predicted molar refractivity (Wildman–Crippen MR) is 57.2 cm³/mol. The quantitative estimate of drug-likeness (QED) is 0.785. The van der Waals surface area contributed by atoms with Gasteiger partial charge in [-0.05, 0) is 19.4 Å². The second kappa shape index (κ2) is 4.33. The van der Waals surface area contributed by atoms with E-state index in [0.717, 1.165) is 0 Å². The zero-order chi connectivity index (χ0) is 11.6. The number of phenolic OH excluding ortho intramolecular Hbond substituents is 1. The topological polar surface area (TPSA) is 61.1 Å². The van der Waals surface area contributed by atoms with Crippen LogP contribution < -0.4 is 0 Å². The van der Waals surface area contributed by atoms with E-state index in [1.807, 2.05) is 6.07 Å². The number of aromatic hydroxyl groups is 1. The van der Waals surface area contributed by atoms with Gasteiger partial charge in [0.25, 0.3) is 0 Å². The summed E-state index contributed by atoms with van der Waals surface area (Å²) in [6.07, 6.45) is 0.473. The standard InChI is InChI=1S/C11H10ClNO2/c1-3-8-10(12)7(5-13)4-9(6(2)14)11(8)15/h4,15H,3H2,1-2H3. The third-order valence-electron chi connectivity index (χ3n) is 2.18. The molecule has 1 aromatic carbocycles. The highest BCUT2D eigenvalue weighted by molar-refractivity contribution is 6.33. The molecule has 1 rings (SSSR count). The summed E-state index contributed by atoms with van der Waals surface area (Å²) in [6.45, 7) is 3.13. The number of nitrogens with zero attached hydrogens (tertiary/aromatic N) is 1. The average molecular weight is 224 g/mol. The van der Waals surface area contributed by atoms with Crippen molar-refractivity contribution in [2.75, 3.05) is 0 Å². The maximum absolute atomic E-state index is 11.2. The molecular weight excluding hydrogens is 214 g/mol. The number of ketones is 1. The normalized spacial score (nSPS) is 9.73. The molecule has 0 radical (unpaired) electrons. The van der Waals surface area contributed by atoms with Crippen molar-refractivity contribution in [2.24, 2.45) is 0 Å². The van der Waals surface area contributed by atoms with E-state index in [-0.39, 0.29) is 27.7 Å². The van der Waals surface area contributed by atoms with Crippen molar-refractivity contribution < 1.29 is 9.90 Å². The van der Waals surface area contributed by atoms with Gasteiger partial charge in [0.05, 0.1) is 16.1 Å². The lowest BCUT2D eigenvalue weighted by atomic mass is 10.0.